The monoisotopic (exact) mass is 241 g/mol. The van der Waals surface area contributed by atoms with E-state index in [0.717, 1.165) is 11.1 Å². The molecule has 0 amide bonds. The Balaban J connectivity index is 2.38. The van der Waals surface area contributed by atoms with Crippen molar-refractivity contribution in [1.82, 2.24) is 4.98 Å². The van der Waals surface area contributed by atoms with Crippen LogP contribution in [0.1, 0.15) is 25.0 Å². The molecule has 0 aliphatic heterocycles. The van der Waals surface area contributed by atoms with Gasteiger partial charge in [0, 0.05) is 22.7 Å². The Bertz CT molecular complexity index is 628. The lowest BCUT2D eigenvalue weighted by atomic mass is 9.85. The summed E-state index contributed by atoms with van der Waals surface area (Å²) in [5.41, 5.74) is 4.67. The molecule has 1 aliphatic carbocycles. The first-order valence-corrected chi connectivity index (χ1v) is 6.05. The van der Waals surface area contributed by atoms with E-state index in [2.05, 4.69) is 18.8 Å². The summed E-state index contributed by atoms with van der Waals surface area (Å²) in [5, 5.41) is 21.3. The van der Waals surface area contributed by atoms with Crippen LogP contribution in [0.2, 0.25) is 0 Å². The van der Waals surface area contributed by atoms with Crippen molar-refractivity contribution in [3.05, 3.63) is 40.6 Å². The van der Waals surface area contributed by atoms with Crippen molar-refractivity contribution in [2.45, 2.75) is 26.7 Å². The van der Waals surface area contributed by atoms with E-state index in [4.69, 9.17) is 0 Å². The topological polar surface area (TPSA) is 53.4 Å². The standard InChI is InChI=1S/C15H15NO2/c1-8-6-11-12(7-9(8)2)15(18)13-10(14(11)17)4-3-5-16-13/h3-5,17-18H,6-7H2,1-2H3. The molecular formula is C15H15NO2. The summed E-state index contributed by atoms with van der Waals surface area (Å²) in [6.45, 7) is 4.14. The second-order valence-corrected chi connectivity index (χ2v) is 4.97. The molecule has 2 aromatic rings. The zero-order valence-electron chi connectivity index (χ0n) is 10.5. The molecule has 92 valence electrons. The fourth-order valence-corrected chi connectivity index (χ4v) is 2.59. The van der Waals surface area contributed by atoms with Gasteiger partial charge in [-0.25, -0.2) is 0 Å². The maximum absolute atomic E-state index is 10.4. The lowest BCUT2D eigenvalue weighted by Crippen LogP contribution is -2.07. The number of aromatic nitrogens is 1. The average Bonchev–Trinajstić information content (AvgIpc) is 2.38. The molecule has 0 spiro atoms. The van der Waals surface area contributed by atoms with Gasteiger partial charge in [0.25, 0.3) is 0 Å². The van der Waals surface area contributed by atoms with Crippen molar-refractivity contribution >= 4 is 10.9 Å². The highest BCUT2D eigenvalue weighted by molar-refractivity contribution is 5.93. The molecule has 3 nitrogen and oxygen atoms in total. The lowest BCUT2D eigenvalue weighted by molar-refractivity contribution is 0.457. The van der Waals surface area contributed by atoms with Crippen molar-refractivity contribution in [3.63, 3.8) is 0 Å². The van der Waals surface area contributed by atoms with Gasteiger partial charge < -0.3 is 10.2 Å². The molecule has 0 atom stereocenters. The van der Waals surface area contributed by atoms with Gasteiger partial charge in [-0.2, -0.15) is 0 Å². The largest absolute Gasteiger partial charge is 0.507 e. The number of pyridine rings is 1. The molecule has 0 fully saturated rings. The molecule has 2 N–H and O–H groups in total. The fourth-order valence-electron chi connectivity index (χ4n) is 2.59. The van der Waals surface area contributed by atoms with Crippen LogP contribution in [0.25, 0.3) is 10.9 Å². The van der Waals surface area contributed by atoms with Crippen LogP contribution in [-0.2, 0) is 12.8 Å². The van der Waals surface area contributed by atoms with Crippen molar-refractivity contribution in [2.24, 2.45) is 0 Å². The number of phenolic OH excluding ortho intramolecular Hbond substituents is 2. The first kappa shape index (κ1) is 11.1. The maximum atomic E-state index is 10.4. The number of nitrogens with zero attached hydrogens (tertiary/aromatic N) is 1. The number of hydrogen-bond acceptors (Lipinski definition) is 3. The van der Waals surface area contributed by atoms with Gasteiger partial charge in [0.2, 0.25) is 0 Å². The summed E-state index contributed by atoms with van der Waals surface area (Å²) >= 11 is 0. The number of aromatic hydroxyl groups is 2. The third-order valence-electron chi connectivity index (χ3n) is 3.84. The van der Waals surface area contributed by atoms with Gasteiger partial charge in [0.1, 0.15) is 17.0 Å². The Labute approximate surface area is 105 Å². The van der Waals surface area contributed by atoms with E-state index >= 15 is 0 Å². The van der Waals surface area contributed by atoms with Crippen molar-refractivity contribution in [2.75, 3.05) is 0 Å². The summed E-state index contributed by atoms with van der Waals surface area (Å²) in [6, 6.07) is 3.56. The van der Waals surface area contributed by atoms with Crippen molar-refractivity contribution < 1.29 is 10.2 Å². The summed E-state index contributed by atoms with van der Waals surface area (Å²) < 4.78 is 0. The second-order valence-electron chi connectivity index (χ2n) is 4.97. The van der Waals surface area contributed by atoms with Crippen molar-refractivity contribution in [3.8, 4) is 11.5 Å². The van der Waals surface area contributed by atoms with Crippen LogP contribution in [0, 0.1) is 0 Å². The van der Waals surface area contributed by atoms with E-state index < -0.39 is 0 Å². The molecule has 0 saturated heterocycles. The highest BCUT2D eigenvalue weighted by atomic mass is 16.3. The summed E-state index contributed by atoms with van der Waals surface area (Å²) in [5.74, 6) is 0.475. The number of phenols is 2. The Kier molecular flexibility index (Phi) is 2.30. The molecule has 18 heavy (non-hydrogen) atoms. The molecular weight excluding hydrogens is 226 g/mol. The molecule has 1 heterocycles. The first-order chi connectivity index (χ1) is 8.59. The van der Waals surface area contributed by atoms with E-state index in [-0.39, 0.29) is 11.5 Å². The molecule has 1 aromatic heterocycles. The van der Waals surface area contributed by atoms with Gasteiger partial charge in [0.15, 0.2) is 0 Å². The number of benzene rings is 1. The maximum Gasteiger partial charge on any atom is 0.145 e. The average molecular weight is 241 g/mol. The highest BCUT2D eigenvalue weighted by Crippen LogP contribution is 2.42. The number of hydrogen-bond donors (Lipinski definition) is 2. The summed E-state index contributed by atoms with van der Waals surface area (Å²) in [4.78, 5) is 4.17. The zero-order valence-corrected chi connectivity index (χ0v) is 10.5. The number of fused-ring (bicyclic) bond motifs is 2. The quantitative estimate of drug-likeness (QED) is 0.550. The van der Waals surface area contributed by atoms with Crippen LogP contribution in [-0.4, -0.2) is 15.2 Å². The van der Waals surface area contributed by atoms with Gasteiger partial charge in [0.05, 0.1) is 0 Å². The first-order valence-electron chi connectivity index (χ1n) is 6.05. The van der Waals surface area contributed by atoms with Gasteiger partial charge in [-0.15, -0.1) is 0 Å². The van der Waals surface area contributed by atoms with Crippen LogP contribution in [0.5, 0.6) is 11.5 Å². The van der Waals surface area contributed by atoms with Crippen LogP contribution in [0.3, 0.4) is 0 Å². The zero-order chi connectivity index (χ0) is 12.9. The molecule has 0 radical (unpaired) electrons. The molecule has 0 bridgehead atoms. The Morgan fingerprint density at radius 1 is 1.00 bits per heavy atom. The Hall–Kier alpha value is -2.03. The summed E-state index contributed by atoms with van der Waals surface area (Å²) in [6.07, 6.45) is 3.02. The van der Waals surface area contributed by atoms with Crippen LogP contribution < -0.4 is 0 Å². The van der Waals surface area contributed by atoms with E-state index in [1.165, 1.54) is 11.1 Å². The summed E-state index contributed by atoms with van der Waals surface area (Å²) in [7, 11) is 0. The highest BCUT2D eigenvalue weighted by Gasteiger charge is 2.23. The third kappa shape index (κ3) is 1.40. The van der Waals surface area contributed by atoms with Crippen LogP contribution in [0.4, 0.5) is 0 Å². The molecule has 0 saturated carbocycles. The molecule has 1 aliphatic rings. The molecule has 1 aromatic carbocycles. The predicted octanol–water partition coefficient (Wildman–Crippen LogP) is 3.08. The minimum Gasteiger partial charge on any atom is -0.507 e. The minimum absolute atomic E-state index is 0.213. The van der Waals surface area contributed by atoms with E-state index in [9.17, 15) is 10.2 Å². The van der Waals surface area contributed by atoms with Crippen LogP contribution >= 0.6 is 0 Å². The number of rotatable bonds is 0. The lowest BCUT2D eigenvalue weighted by Gasteiger charge is -2.22. The second kappa shape index (κ2) is 3.73. The molecule has 0 unspecified atom stereocenters. The third-order valence-corrected chi connectivity index (χ3v) is 3.84. The van der Waals surface area contributed by atoms with E-state index in [0.29, 0.717) is 23.7 Å². The fraction of sp³-hybridized carbons (Fsp3) is 0.267. The smallest absolute Gasteiger partial charge is 0.145 e. The van der Waals surface area contributed by atoms with E-state index in [1.54, 1.807) is 18.3 Å². The van der Waals surface area contributed by atoms with Crippen LogP contribution in [0.15, 0.2) is 29.5 Å². The molecule has 3 rings (SSSR count). The van der Waals surface area contributed by atoms with Crippen molar-refractivity contribution in [1.29, 1.82) is 0 Å². The van der Waals surface area contributed by atoms with Gasteiger partial charge in [-0.3, -0.25) is 4.98 Å². The Morgan fingerprint density at radius 3 is 2.28 bits per heavy atom. The minimum atomic E-state index is 0.213. The SMILES string of the molecule is CC1=C(C)Cc2c(c(O)c3cccnc3c2O)C1. The van der Waals surface area contributed by atoms with Gasteiger partial charge in [-0.05, 0) is 38.8 Å². The normalized spacial score (nSPS) is 15.0. The van der Waals surface area contributed by atoms with Gasteiger partial charge in [-0.1, -0.05) is 11.1 Å². The number of allylic oxidation sites excluding steroid dienone is 2. The van der Waals surface area contributed by atoms with E-state index in [1.807, 2.05) is 0 Å². The van der Waals surface area contributed by atoms with Gasteiger partial charge >= 0.3 is 0 Å². The predicted molar refractivity (Wildman–Crippen MR) is 70.9 cm³/mol. The Morgan fingerprint density at radius 2 is 1.61 bits per heavy atom. The molecule has 3 heteroatoms.